The minimum atomic E-state index is -1.25. The topological polar surface area (TPSA) is 84.9 Å². The number of rotatable bonds is 2. The molecule has 0 saturated heterocycles. The fraction of sp³-hybridized carbons (Fsp3) is 0.500. The molecule has 2 aliphatic rings. The van der Waals surface area contributed by atoms with Crippen molar-refractivity contribution in [2.75, 3.05) is 13.1 Å². The lowest BCUT2D eigenvalue weighted by molar-refractivity contribution is -0.969. The Bertz CT molecular complexity index is 498. The number of hydrogen-bond donors (Lipinski definition) is 3. The van der Waals surface area contributed by atoms with Gasteiger partial charge in [0.25, 0.3) is 0 Å². The van der Waals surface area contributed by atoms with E-state index < -0.39 is 5.09 Å². The molecule has 1 aromatic rings. The highest BCUT2D eigenvalue weighted by Crippen LogP contribution is 2.33. The summed E-state index contributed by atoms with van der Waals surface area (Å²) in [5, 5.41) is 15.9. The number of amidine groups is 1. The number of fused-ring (bicyclic) bond motifs is 1. The maximum absolute atomic E-state index is 8.47. The minimum Gasteiger partial charge on any atom is -0.372 e. The third-order valence-corrected chi connectivity index (χ3v) is 3.68. The Labute approximate surface area is 117 Å². The van der Waals surface area contributed by atoms with Crippen LogP contribution in [0.1, 0.15) is 36.3 Å². The van der Waals surface area contributed by atoms with Gasteiger partial charge in [0.05, 0.1) is 12.4 Å². The lowest BCUT2D eigenvalue weighted by Crippen LogP contribution is -2.22. The summed E-state index contributed by atoms with van der Waals surface area (Å²) in [6, 6.07) is 8.91. The molecule has 1 heterocycles. The van der Waals surface area contributed by atoms with Gasteiger partial charge in [0.1, 0.15) is 4.91 Å². The highest BCUT2D eigenvalue weighted by molar-refractivity contribution is 5.84. The van der Waals surface area contributed by atoms with Crippen LogP contribution in [0.3, 0.4) is 0 Å². The molecular formula is C14H20N3O3+. The van der Waals surface area contributed by atoms with E-state index >= 15 is 0 Å². The van der Waals surface area contributed by atoms with Crippen LogP contribution in [0.4, 0.5) is 0 Å². The van der Waals surface area contributed by atoms with Gasteiger partial charge in [-0.05, 0) is 36.3 Å². The summed E-state index contributed by atoms with van der Waals surface area (Å²) in [5.41, 5.74) is 3.11. The van der Waals surface area contributed by atoms with Crippen LogP contribution in [0.2, 0.25) is 0 Å². The van der Waals surface area contributed by atoms with E-state index in [1.807, 2.05) is 0 Å². The van der Waals surface area contributed by atoms with E-state index in [0.29, 0.717) is 5.92 Å². The molecule has 0 bridgehead atoms. The molecule has 0 amide bonds. The molecule has 108 valence electrons. The van der Waals surface area contributed by atoms with Crippen molar-refractivity contribution in [1.82, 2.24) is 5.32 Å². The van der Waals surface area contributed by atoms with Gasteiger partial charge < -0.3 is 5.32 Å². The zero-order valence-electron chi connectivity index (χ0n) is 11.3. The molecule has 0 spiro atoms. The minimum absolute atomic E-state index is 0.689. The third kappa shape index (κ3) is 3.94. The van der Waals surface area contributed by atoms with Crippen molar-refractivity contribution < 1.29 is 15.5 Å². The number of nitrogens with zero attached hydrogens (tertiary/aromatic N) is 2. The van der Waals surface area contributed by atoms with E-state index in [0.717, 1.165) is 19.5 Å². The van der Waals surface area contributed by atoms with E-state index in [1.54, 1.807) is 11.1 Å². The van der Waals surface area contributed by atoms with Crippen molar-refractivity contribution in [3.8, 4) is 0 Å². The first-order valence-corrected chi connectivity index (χ1v) is 6.87. The molecule has 1 aliphatic heterocycles. The average molecular weight is 278 g/mol. The van der Waals surface area contributed by atoms with Crippen molar-refractivity contribution in [2.24, 2.45) is 4.99 Å². The SMILES string of the molecule is O=[N+](O)O.c1ccc2c(c1)CCCC2CC1=NCCN1. The smallest absolute Gasteiger partial charge is 0.372 e. The molecule has 1 atom stereocenters. The second-order valence-corrected chi connectivity index (χ2v) is 5.00. The Morgan fingerprint density at radius 3 is 2.80 bits per heavy atom. The molecule has 20 heavy (non-hydrogen) atoms. The number of hydrogen-bond acceptors (Lipinski definition) is 3. The molecule has 0 fully saturated rings. The largest absolute Gasteiger partial charge is 0.472 e. The fourth-order valence-electron chi connectivity index (χ4n) is 2.88. The fourth-order valence-corrected chi connectivity index (χ4v) is 2.88. The molecule has 6 nitrogen and oxygen atoms in total. The average Bonchev–Trinajstić information content (AvgIpc) is 2.91. The normalized spacial score (nSPS) is 20.0. The standard InChI is InChI=1S/C14H18N2.H2NO3/c1-2-7-13-11(4-1)5-3-6-12(13)10-14-15-8-9-16-14;2-1(3)4/h1-2,4,7,12H,3,5-6,8-10H2,(H,15,16);(H2,2,3,4)/q;+1. The Morgan fingerprint density at radius 1 is 1.35 bits per heavy atom. The van der Waals surface area contributed by atoms with Gasteiger partial charge in [-0.15, -0.1) is 0 Å². The summed E-state index contributed by atoms with van der Waals surface area (Å²) in [6.45, 7) is 1.99. The Morgan fingerprint density at radius 2 is 2.10 bits per heavy atom. The Balaban J connectivity index is 0.000000328. The van der Waals surface area contributed by atoms with Crippen LogP contribution in [0.15, 0.2) is 29.3 Å². The van der Waals surface area contributed by atoms with E-state index in [9.17, 15) is 0 Å². The predicted octanol–water partition coefficient (Wildman–Crippen LogP) is 2.04. The van der Waals surface area contributed by atoms with Gasteiger partial charge in [0.2, 0.25) is 0 Å². The summed E-state index contributed by atoms with van der Waals surface area (Å²) >= 11 is 0. The first-order chi connectivity index (χ1) is 9.66. The molecule has 0 aromatic heterocycles. The number of benzene rings is 1. The van der Waals surface area contributed by atoms with Crippen LogP contribution >= 0.6 is 0 Å². The lowest BCUT2D eigenvalue weighted by atomic mass is 9.81. The predicted molar refractivity (Wildman–Crippen MR) is 74.2 cm³/mol. The Hall–Kier alpha value is -2.11. The first-order valence-electron chi connectivity index (χ1n) is 6.87. The van der Waals surface area contributed by atoms with Crippen LogP contribution in [0.5, 0.6) is 0 Å². The van der Waals surface area contributed by atoms with Crippen LogP contribution < -0.4 is 5.32 Å². The van der Waals surface area contributed by atoms with Crippen molar-refractivity contribution in [1.29, 1.82) is 0 Å². The summed E-state index contributed by atoms with van der Waals surface area (Å²) in [6.07, 6.45) is 5.01. The molecule has 3 rings (SSSR count). The zero-order valence-corrected chi connectivity index (χ0v) is 11.3. The van der Waals surface area contributed by atoms with Crippen molar-refractivity contribution >= 4 is 5.84 Å². The summed E-state index contributed by atoms with van der Waals surface area (Å²) < 4.78 is 0. The van der Waals surface area contributed by atoms with Gasteiger partial charge in [-0.25, -0.2) is 10.4 Å². The second-order valence-electron chi connectivity index (χ2n) is 5.00. The first kappa shape index (κ1) is 14.3. The number of aryl methyl sites for hydroxylation is 1. The Kier molecular flexibility index (Phi) is 4.92. The summed E-state index contributed by atoms with van der Waals surface area (Å²) in [7, 11) is 0. The summed E-state index contributed by atoms with van der Waals surface area (Å²) in [4.78, 5) is 13.0. The van der Waals surface area contributed by atoms with Crippen LogP contribution in [-0.4, -0.2) is 34.4 Å². The highest BCUT2D eigenvalue weighted by atomic mass is 16.9. The molecule has 1 unspecified atom stereocenters. The molecule has 0 radical (unpaired) electrons. The van der Waals surface area contributed by atoms with Crippen LogP contribution in [0, 0.1) is 4.91 Å². The second kappa shape index (κ2) is 6.88. The lowest BCUT2D eigenvalue weighted by Gasteiger charge is -2.25. The molecule has 0 saturated carbocycles. The van der Waals surface area contributed by atoms with Gasteiger partial charge >= 0.3 is 5.09 Å². The van der Waals surface area contributed by atoms with Crippen molar-refractivity contribution in [3.05, 3.63) is 40.3 Å². The molecule has 1 aromatic carbocycles. The van der Waals surface area contributed by atoms with Crippen molar-refractivity contribution in [3.63, 3.8) is 0 Å². The zero-order chi connectivity index (χ0) is 14.4. The maximum Gasteiger partial charge on any atom is 0.472 e. The molecule has 3 N–H and O–H groups in total. The monoisotopic (exact) mass is 278 g/mol. The van der Waals surface area contributed by atoms with E-state index in [1.165, 1.54) is 25.1 Å². The van der Waals surface area contributed by atoms with Gasteiger partial charge in [-0.2, -0.15) is 0 Å². The third-order valence-electron chi connectivity index (χ3n) is 3.68. The van der Waals surface area contributed by atoms with E-state index in [4.69, 9.17) is 15.3 Å². The molecular weight excluding hydrogens is 258 g/mol. The highest BCUT2D eigenvalue weighted by Gasteiger charge is 2.21. The number of nitrogens with one attached hydrogen (secondary N) is 1. The van der Waals surface area contributed by atoms with Gasteiger partial charge in [-0.1, -0.05) is 24.3 Å². The van der Waals surface area contributed by atoms with E-state index in [2.05, 4.69) is 34.6 Å². The maximum atomic E-state index is 8.47. The van der Waals surface area contributed by atoms with Gasteiger partial charge in [0.15, 0.2) is 0 Å². The van der Waals surface area contributed by atoms with Crippen molar-refractivity contribution in [2.45, 2.75) is 31.6 Å². The van der Waals surface area contributed by atoms with Crippen LogP contribution in [0.25, 0.3) is 0 Å². The number of aliphatic imine (C=N–C) groups is 1. The molecule has 1 aliphatic carbocycles. The van der Waals surface area contributed by atoms with Gasteiger partial charge in [-0.3, -0.25) is 4.99 Å². The van der Waals surface area contributed by atoms with Gasteiger partial charge in [0, 0.05) is 13.0 Å². The molecule has 6 heteroatoms. The summed E-state index contributed by atoms with van der Waals surface area (Å²) in [5.74, 6) is 1.91. The van der Waals surface area contributed by atoms with E-state index in [-0.39, 0.29) is 0 Å². The van der Waals surface area contributed by atoms with Crippen LogP contribution in [-0.2, 0) is 6.42 Å². The quantitative estimate of drug-likeness (QED) is 0.723.